The lowest BCUT2D eigenvalue weighted by Gasteiger charge is -2.27. The Morgan fingerprint density at radius 3 is 2.52 bits per heavy atom. The third-order valence-corrected chi connectivity index (χ3v) is 5.54. The highest BCUT2D eigenvalue weighted by Crippen LogP contribution is 2.39. The van der Waals surface area contributed by atoms with Crippen molar-refractivity contribution in [1.29, 1.82) is 0 Å². The fraction of sp³-hybridized carbons (Fsp3) is 0.273. The molecule has 2 atom stereocenters. The van der Waals surface area contributed by atoms with Crippen LogP contribution in [0.15, 0.2) is 51.7 Å². The zero-order valence-electron chi connectivity index (χ0n) is 15.4. The summed E-state index contributed by atoms with van der Waals surface area (Å²) in [5.41, 5.74) is 0.427. The Bertz CT molecular complexity index is 1170. The van der Waals surface area contributed by atoms with Crippen molar-refractivity contribution in [2.24, 2.45) is 0 Å². The number of halogens is 2. The summed E-state index contributed by atoms with van der Waals surface area (Å²) in [5.74, 6) is -1.46. The minimum absolute atomic E-state index is 0.0542. The van der Waals surface area contributed by atoms with E-state index in [1.165, 1.54) is 29.2 Å². The monoisotopic (exact) mass is 397 g/mol. The van der Waals surface area contributed by atoms with E-state index in [9.17, 15) is 18.4 Å². The average Bonchev–Trinajstić information content (AvgIpc) is 3.32. The predicted octanol–water partition coefficient (Wildman–Crippen LogP) is 3.80. The van der Waals surface area contributed by atoms with Crippen LogP contribution in [0, 0.1) is 11.6 Å². The molecule has 3 heterocycles. The lowest BCUT2D eigenvalue weighted by molar-refractivity contribution is 0.0486. The maximum Gasteiger partial charge on any atom is 0.291 e. The number of hydrogen-bond donors (Lipinski definition) is 0. The normalized spacial score (nSPS) is 21.2. The summed E-state index contributed by atoms with van der Waals surface area (Å²) in [4.78, 5) is 28.0. The number of benzene rings is 2. The number of hydrogen-bond acceptors (Lipinski definition) is 4. The van der Waals surface area contributed by atoms with Gasteiger partial charge in [0.05, 0.1) is 23.1 Å². The second kappa shape index (κ2) is 6.77. The smallest absolute Gasteiger partial charge is 0.291 e. The quantitative estimate of drug-likeness (QED) is 0.675. The first-order valence-electron chi connectivity index (χ1n) is 9.47. The summed E-state index contributed by atoms with van der Waals surface area (Å²) >= 11 is 0. The maximum atomic E-state index is 13.7. The van der Waals surface area contributed by atoms with Gasteiger partial charge in [-0.05, 0) is 48.7 Å². The molecule has 0 spiro atoms. The van der Waals surface area contributed by atoms with Crippen molar-refractivity contribution in [1.82, 2.24) is 4.90 Å². The molecule has 1 saturated heterocycles. The molecule has 1 aromatic heterocycles. The highest BCUT2D eigenvalue weighted by Gasteiger charge is 2.43. The van der Waals surface area contributed by atoms with Crippen LogP contribution in [-0.2, 0) is 4.74 Å². The molecule has 0 N–H and O–H groups in total. The van der Waals surface area contributed by atoms with Gasteiger partial charge in [-0.15, -0.1) is 0 Å². The molecule has 3 aromatic rings. The Balaban J connectivity index is 1.71. The molecule has 2 aliphatic rings. The van der Waals surface area contributed by atoms with E-state index >= 15 is 0 Å². The zero-order chi connectivity index (χ0) is 20.1. The zero-order valence-corrected chi connectivity index (χ0v) is 15.4. The van der Waals surface area contributed by atoms with Crippen LogP contribution in [0.2, 0.25) is 0 Å². The van der Waals surface area contributed by atoms with Crippen molar-refractivity contribution in [3.8, 4) is 0 Å². The van der Waals surface area contributed by atoms with Gasteiger partial charge in [-0.3, -0.25) is 9.59 Å². The van der Waals surface area contributed by atoms with Crippen LogP contribution in [0.4, 0.5) is 8.78 Å². The summed E-state index contributed by atoms with van der Waals surface area (Å²) in [7, 11) is 0. The minimum Gasteiger partial charge on any atom is -0.450 e. The van der Waals surface area contributed by atoms with Crippen molar-refractivity contribution in [2.45, 2.75) is 25.0 Å². The Morgan fingerprint density at radius 1 is 1.03 bits per heavy atom. The first-order valence-corrected chi connectivity index (χ1v) is 9.47. The van der Waals surface area contributed by atoms with Gasteiger partial charge in [0, 0.05) is 13.2 Å². The molecule has 2 unspecified atom stereocenters. The summed E-state index contributed by atoms with van der Waals surface area (Å²) in [6.45, 7) is 0.913. The fourth-order valence-electron chi connectivity index (χ4n) is 4.18. The van der Waals surface area contributed by atoms with Crippen molar-refractivity contribution >= 4 is 16.9 Å². The summed E-state index contributed by atoms with van der Waals surface area (Å²) in [6.07, 6.45) is 1.57. The van der Waals surface area contributed by atoms with Crippen molar-refractivity contribution < 1.29 is 22.7 Å². The third-order valence-electron chi connectivity index (χ3n) is 5.54. The fourth-order valence-corrected chi connectivity index (χ4v) is 4.18. The summed E-state index contributed by atoms with van der Waals surface area (Å²) in [6, 6.07) is 8.53. The standard InChI is InChI=1S/C22H17F2NO4/c23-13-5-3-12(4-6-13)19-18-20(26)16-10-14(24)7-8-17(16)29-21(18)22(27)25(19)11-15-2-1-9-28-15/h3-8,10,15,19H,1-2,9,11H2. The largest absolute Gasteiger partial charge is 0.450 e. The molecule has 1 amide bonds. The number of ether oxygens (including phenoxy) is 1. The number of carbonyl (C=O) groups excluding carboxylic acids is 1. The van der Waals surface area contributed by atoms with E-state index in [1.807, 2.05) is 0 Å². The summed E-state index contributed by atoms with van der Waals surface area (Å²) < 4.78 is 38.6. The molecule has 7 heteroatoms. The van der Waals surface area contributed by atoms with Crippen LogP contribution in [0.1, 0.15) is 40.6 Å². The second-order valence-electron chi connectivity index (χ2n) is 7.36. The molecule has 148 valence electrons. The number of nitrogens with zero attached hydrogens (tertiary/aromatic N) is 1. The molecule has 29 heavy (non-hydrogen) atoms. The Kier molecular flexibility index (Phi) is 4.20. The summed E-state index contributed by atoms with van der Waals surface area (Å²) in [5, 5.41) is 0.0719. The van der Waals surface area contributed by atoms with E-state index in [0.717, 1.165) is 18.9 Å². The Labute approximate surface area is 164 Å². The first-order chi connectivity index (χ1) is 14.0. The van der Waals surface area contributed by atoms with Gasteiger partial charge in [0.2, 0.25) is 5.76 Å². The van der Waals surface area contributed by atoms with E-state index < -0.39 is 29.0 Å². The molecule has 0 aliphatic carbocycles. The Morgan fingerprint density at radius 2 is 1.79 bits per heavy atom. The third kappa shape index (κ3) is 2.93. The van der Waals surface area contributed by atoms with Gasteiger partial charge < -0.3 is 14.1 Å². The molecular weight excluding hydrogens is 380 g/mol. The molecule has 0 radical (unpaired) electrons. The van der Waals surface area contributed by atoms with Gasteiger partial charge in [0.1, 0.15) is 17.2 Å². The lowest BCUT2D eigenvalue weighted by atomic mass is 9.98. The molecule has 2 aromatic carbocycles. The highest BCUT2D eigenvalue weighted by molar-refractivity contribution is 5.99. The van der Waals surface area contributed by atoms with Crippen LogP contribution in [0.5, 0.6) is 0 Å². The Hall–Kier alpha value is -3.06. The van der Waals surface area contributed by atoms with E-state index in [4.69, 9.17) is 9.15 Å². The molecule has 2 aliphatic heterocycles. The molecule has 1 fully saturated rings. The van der Waals surface area contributed by atoms with Gasteiger partial charge in [0.15, 0.2) is 5.43 Å². The highest BCUT2D eigenvalue weighted by atomic mass is 19.1. The van der Waals surface area contributed by atoms with E-state index in [1.54, 1.807) is 12.1 Å². The van der Waals surface area contributed by atoms with Gasteiger partial charge >= 0.3 is 0 Å². The van der Waals surface area contributed by atoms with Crippen LogP contribution in [0.25, 0.3) is 11.0 Å². The minimum atomic E-state index is -0.744. The van der Waals surface area contributed by atoms with Crippen LogP contribution in [0.3, 0.4) is 0 Å². The maximum absolute atomic E-state index is 13.7. The topological polar surface area (TPSA) is 59.8 Å². The van der Waals surface area contributed by atoms with Crippen molar-refractivity contribution in [3.05, 3.63) is 81.2 Å². The molecular formula is C22H17F2NO4. The number of amides is 1. The second-order valence-corrected chi connectivity index (χ2v) is 7.36. The van der Waals surface area contributed by atoms with Gasteiger partial charge in [-0.2, -0.15) is 0 Å². The average molecular weight is 397 g/mol. The van der Waals surface area contributed by atoms with Crippen LogP contribution in [-0.4, -0.2) is 30.1 Å². The first kappa shape index (κ1) is 18.0. The van der Waals surface area contributed by atoms with Gasteiger partial charge in [0.25, 0.3) is 5.91 Å². The van der Waals surface area contributed by atoms with Crippen molar-refractivity contribution in [2.75, 3.05) is 13.2 Å². The van der Waals surface area contributed by atoms with Gasteiger partial charge in [-0.1, -0.05) is 12.1 Å². The lowest BCUT2D eigenvalue weighted by Crippen LogP contribution is -2.36. The van der Waals surface area contributed by atoms with E-state index in [2.05, 4.69) is 0 Å². The van der Waals surface area contributed by atoms with Crippen molar-refractivity contribution in [3.63, 3.8) is 0 Å². The number of rotatable bonds is 3. The van der Waals surface area contributed by atoms with E-state index in [0.29, 0.717) is 12.2 Å². The molecule has 5 rings (SSSR count). The van der Waals surface area contributed by atoms with Crippen LogP contribution < -0.4 is 5.43 Å². The molecule has 0 saturated carbocycles. The molecule has 5 nitrogen and oxygen atoms in total. The van der Waals surface area contributed by atoms with Crippen LogP contribution >= 0.6 is 0 Å². The molecule has 0 bridgehead atoms. The number of carbonyl (C=O) groups is 1. The SMILES string of the molecule is O=C1c2oc3ccc(F)cc3c(=O)c2C(c2ccc(F)cc2)N1CC1CCCO1. The van der Waals surface area contributed by atoms with E-state index in [-0.39, 0.29) is 34.9 Å². The number of fused-ring (bicyclic) bond motifs is 2. The predicted molar refractivity (Wildman–Crippen MR) is 101 cm³/mol. The van der Waals surface area contributed by atoms with Gasteiger partial charge in [-0.25, -0.2) is 8.78 Å².